The third-order valence-electron chi connectivity index (χ3n) is 9.59. The molecule has 1 aliphatic heterocycles. The fraction of sp³-hybridized carbons (Fsp3) is 0. The molecule has 52 heavy (non-hydrogen) atoms. The standard InChI is InChI=1S/C46H30N6/c1-4-16-31(17-5-1)43-48-44(32-18-6-2-7-19-32)50-45(49-43)34-21-14-20-33(30-34)36-26-15-29-41-42(36)47-46-51(35-22-8-3-9-23-35)39-27-12-10-24-37(39)38-25-11-13-28-40(38)52(41)46/h1-30H. The van der Waals surface area contributed by atoms with Crippen molar-refractivity contribution in [2.75, 3.05) is 4.90 Å². The highest BCUT2D eigenvalue weighted by Gasteiger charge is 2.29. The first-order chi connectivity index (χ1) is 25.8. The zero-order valence-corrected chi connectivity index (χ0v) is 28.0. The van der Waals surface area contributed by atoms with E-state index in [1.807, 2.05) is 66.7 Å². The van der Waals surface area contributed by atoms with E-state index in [-0.39, 0.29) is 0 Å². The molecule has 0 bridgehead atoms. The number of rotatable bonds is 5. The van der Waals surface area contributed by atoms with Crippen LogP contribution in [0.15, 0.2) is 182 Å². The quantitative estimate of drug-likeness (QED) is 0.183. The normalized spacial score (nSPS) is 11.8. The van der Waals surface area contributed by atoms with Crippen molar-refractivity contribution < 1.29 is 0 Å². The third-order valence-corrected chi connectivity index (χ3v) is 9.59. The molecule has 7 aromatic carbocycles. The van der Waals surface area contributed by atoms with Crippen molar-refractivity contribution in [2.45, 2.75) is 0 Å². The summed E-state index contributed by atoms with van der Waals surface area (Å²) in [7, 11) is 0. The van der Waals surface area contributed by atoms with Crippen LogP contribution in [0.2, 0.25) is 0 Å². The summed E-state index contributed by atoms with van der Waals surface area (Å²) < 4.78 is 2.30. The molecule has 0 radical (unpaired) electrons. The molecule has 244 valence electrons. The molecule has 10 rings (SSSR count). The van der Waals surface area contributed by atoms with E-state index in [2.05, 4.69) is 125 Å². The second-order valence-electron chi connectivity index (χ2n) is 12.7. The number of imidazole rings is 1. The van der Waals surface area contributed by atoms with Gasteiger partial charge in [0, 0.05) is 39.1 Å². The fourth-order valence-electron chi connectivity index (χ4n) is 7.20. The Bertz CT molecular complexity index is 2680. The highest BCUT2D eigenvalue weighted by molar-refractivity contribution is 6.00. The number of para-hydroxylation sites is 4. The minimum Gasteiger partial charge on any atom is -0.280 e. The predicted molar refractivity (Wildman–Crippen MR) is 210 cm³/mol. The van der Waals surface area contributed by atoms with Crippen LogP contribution < -0.4 is 4.90 Å². The first kappa shape index (κ1) is 29.7. The van der Waals surface area contributed by atoms with Gasteiger partial charge in [-0.25, -0.2) is 19.9 Å². The second-order valence-corrected chi connectivity index (χ2v) is 12.7. The topological polar surface area (TPSA) is 59.7 Å². The van der Waals surface area contributed by atoms with Crippen LogP contribution in [0, 0.1) is 0 Å². The van der Waals surface area contributed by atoms with Crippen LogP contribution in [0.25, 0.3) is 73.1 Å². The number of benzene rings is 7. The number of hydrogen-bond acceptors (Lipinski definition) is 5. The lowest BCUT2D eigenvalue weighted by Crippen LogP contribution is -2.13. The molecule has 0 N–H and O–H groups in total. The van der Waals surface area contributed by atoms with Gasteiger partial charge in [0.2, 0.25) is 5.95 Å². The van der Waals surface area contributed by atoms with Crippen molar-refractivity contribution in [3.63, 3.8) is 0 Å². The summed E-state index contributed by atoms with van der Waals surface area (Å²) in [5.41, 5.74) is 12.3. The smallest absolute Gasteiger partial charge is 0.220 e. The Balaban J connectivity index is 1.17. The average Bonchev–Trinajstić information content (AvgIpc) is 3.56. The fourth-order valence-corrected chi connectivity index (χ4v) is 7.20. The third kappa shape index (κ3) is 4.96. The highest BCUT2D eigenvalue weighted by atomic mass is 15.3. The van der Waals surface area contributed by atoms with E-state index in [0.717, 1.165) is 73.0 Å². The number of aromatic nitrogens is 5. The number of hydrogen-bond donors (Lipinski definition) is 0. The van der Waals surface area contributed by atoms with Gasteiger partial charge in [-0.15, -0.1) is 0 Å². The van der Waals surface area contributed by atoms with Gasteiger partial charge >= 0.3 is 0 Å². The molecule has 0 atom stereocenters. The lowest BCUT2D eigenvalue weighted by atomic mass is 10.00. The van der Waals surface area contributed by atoms with E-state index in [9.17, 15) is 0 Å². The van der Waals surface area contributed by atoms with Gasteiger partial charge in [0.15, 0.2) is 17.5 Å². The zero-order valence-electron chi connectivity index (χ0n) is 28.0. The molecule has 0 fully saturated rings. The minimum atomic E-state index is 0.614. The molecule has 6 nitrogen and oxygen atoms in total. The summed E-state index contributed by atoms with van der Waals surface area (Å²) in [6.07, 6.45) is 0. The van der Waals surface area contributed by atoms with Crippen LogP contribution in [-0.2, 0) is 0 Å². The molecule has 0 aliphatic carbocycles. The SMILES string of the molecule is c1ccc(-c2nc(-c3ccccc3)nc(-c3cccc(-c4cccc5c4nc4n5-c5ccccc5-c5ccccc5N4c4ccccc4)c3)n2)cc1. The Labute approximate surface area is 301 Å². The molecule has 0 unspecified atom stereocenters. The van der Waals surface area contributed by atoms with E-state index in [4.69, 9.17) is 19.9 Å². The van der Waals surface area contributed by atoms with Crippen LogP contribution in [0.4, 0.5) is 17.3 Å². The molecule has 9 aromatic rings. The first-order valence-electron chi connectivity index (χ1n) is 17.3. The Morgan fingerprint density at radius 2 is 0.827 bits per heavy atom. The maximum Gasteiger partial charge on any atom is 0.220 e. The molecule has 0 amide bonds. The average molecular weight is 667 g/mol. The van der Waals surface area contributed by atoms with Gasteiger partial charge in [-0.3, -0.25) is 9.47 Å². The van der Waals surface area contributed by atoms with E-state index in [1.54, 1.807) is 0 Å². The largest absolute Gasteiger partial charge is 0.280 e. The Hall–Kier alpha value is -7.18. The van der Waals surface area contributed by atoms with Gasteiger partial charge in [-0.2, -0.15) is 0 Å². The van der Waals surface area contributed by atoms with Crippen molar-refractivity contribution >= 4 is 28.4 Å². The number of fused-ring (bicyclic) bond motifs is 7. The Morgan fingerprint density at radius 1 is 0.346 bits per heavy atom. The molecular weight excluding hydrogens is 637 g/mol. The van der Waals surface area contributed by atoms with Crippen molar-refractivity contribution in [1.82, 2.24) is 24.5 Å². The molecular formula is C46H30N6. The first-order valence-corrected chi connectivity index (χ1v) is 17.3. The van der Waals surface area contributed by atoms with Gasteiger partial charge in [-0.05, 0) is 42.0 Å². The molecule has 2 aromatic heterocycles. The van der Waals surface area contributed by atoms with E-state index >= 15 is 0 Å². The molecule has 0 saturated heterocycles. The van der Waals surface area contributed by atoms with E-state index < -0.39 is 0 Å². The molecule has 3 heterocycles. The molecule has 6 heteroatoms. The lowest BCUT2D eigenvalue weighted by Gasteiger charge is -2.24. The van der Waals surface area contributed by atoms with Crippen molar-refractivity contribution in [3.05, 3.63) is 182 Å². The van der Waals surface area contributed by atoms with Gasteiger partial charge < -0.3 is 0 Å². The number of nitrogens with zero attached hydrogens (tertiary/aromatic N) is 6. The monoisotopic (exact) mass is 666 g/mol. The summed E-state index contributed by atoms with van der Waals surface area (Å²) in [5, 5.41) is 0. The van der Waals surface area contributed by atoms with E-state index in [0.29, 0.717) is 17.5 Å². The summed E-state index contributed by atoms with van der Waals surface area (Å²) in [5.74, 6) is 2.72. The maximum atomic E-state index is 5.50. The molecule has 0 spiro atoms. The van der Waals surface area contributed by atoms with Crippen LogP contribution in [0.5, 0.6) is 0 Å². The van der Waals surface area contributed by atoms with Gasteiger partial charge in [0.1, 0.15) is 0 Å². The van der Waals surface area contributed by atoms with Crippen molar-refractivity contribution in [1.29, 1.82) is 0 Å². The van der Waals surface area contributed by atoms with Crippen LogP contribution in [-0.4, -0.2) is 24.5 Å². The molecule has 1 aliphatic rings. The van der Waals surface area contributed by atoms with Crippen molar-refractivity contribution in [3.8, 4) is 62.1 Å². The Morgan fingerprint density at radius 3 is 1.50 bits per heavy atom. The van der Waals surface area contributed by atoms with Crippen LogP contribution in [0.3, 0.4) is 0 Å². The number of anilines is 3. The minimum absolute atomic E-state index is 0.614. The summed E-state index contributed by atoms with van der Waals surface area (Å²) in [4.78, 5) is 22.7. The van der Waals surface area contributed by atoms with Crippen LogP contribution in [0.1, 0.15) is 0 Å². The highest BCUT2D eigenvalue weighted by Crippen LogP contribution is 2.48. The van der Waals surface area contributed by atoms with E-state index in [1.165, 1.54) is 0 Å². The summed E-state index contributed by atoms with van der Waals surface area (Å²) >= 11 is 0. The second kappa shape index (κ2) is 12.3. The lowest BCUT2D eigenvalue weighted by molar-refractivity contribution is 1.05. The van der Waals surface area contributed by atoms with Gasteiger partial charge in [-0.1, -0.05) is 146 Å². The predicted octanol–water partition coefficient (Wildman–Crippen LogP) is 11.3. The summed E-state index contributed by atoms with van der Waals surface area (Å²) in [6, 6.07) is 62.7. The Kier molecular flexibility index (Phi) is 7.03. The maximum absolute atomic E-state index is 5.50. The van der Waals surface area contributed by atoms with Gasteiger partial charge in [0.05, 0.1) is 22.4 Å². The van der Waals surface area contributed by atoms with Crippen LogP contribution >= 0.6 is 0 Å². The van der Waals surface area contributed by atoms with Crippen molar-refractivity contribution in [2.24, 2.45) is 0 Å². The summed E-state index contributed by atoms with van der Waals surface area (Å²) in [6.45, 7) is 0. The zero-order chi connectivity index (χ0) is 34.4. The van der Waals surface area contributed by atoms with Gasteiger partial charge in [0.25, 0.3) is 0 Å². The molecule has 0 saturated carbocycles.